The highest BCUT2D eigenvalue weighted by Gasteiger charge is 2.17. The fourth-order valence-electron chi connectivity index (χ4n) is 3.35. The van der Waals surface area contributed by atoms with Gasteiger partial charge in [0.2, 0.25) is 10.0 Å². The minimum Gasteiger partial charge on any atom is -0.357 e. The molecule has 2 aromatic carbocycles. The van der Waals surface area contributed by atoms with Crippen molar-refractivity contribution in [3.63, 3.8) is 0 Å². The van der Waals surface area contributed by atoms with Crippen LogP contribution in [0.1, 0.15) is 30.9 Å². The van der Waals surface area contributed by atoms with Crippen LogP contribution in [-0.2, 0) is 16.6 Å². The fourth-order valence-corrected chi connectivity index (χ4v) is 3.93. The van der Waals surface area contributed by atoms with Crippen LogP contribution in [0.25, 0.3) is 6.08 Å². The van der Waals surface area contributed by atoms with Gasteiger partial charge in [0.1, 0.15) is 0 Å². The van der Waals surface area contributed by atoms with E-state index in [9.17, 15) is 8.42 Å². The Bertz CT molecular complexity index is 981. The summed E-state index contributed by atoms with van der Waals surface area (Å²) >= 11 is 0. The largest absolute Gasteiger partial charge is 0.357 e. The van der Waals surface area contributed by atoms with Crippen molar-refractivity contribution in [2.75, 3.05) is 19.6 Å². The van der Waals surface area contributed by atoms with Crippen LogP contribution in [0.4, 0.5) is 0 Å². The van der Waals surface area contributed by atoms with Crippen LogP contribution >= 0.6 is 24.0 Å². The van der Waals surface area contributed by atoms with Crippen LogP contribution in [0.15, 0.2) is 70.1 Å². The van der Waals surface area contributed by atoms with Crippen molar-refractivity contribution in [2.45, 2.75) is 31.2 Å². The molecule has 0 spiro atoms. The minimum absolute atomic E-state index is 0. The van der Waals surface area contributed by atoms with Crippen LogP contribution in [0.5, 0.6) is 0 Å². The first-order chi connectivity index (χ1) is 14.0. The lowest BCUT2D eigenvalue weighted by atomic mass is 10.0. The lowest BCUT2D eigenvalue weighted by molar-refractivity contribution is 0.375. The lowest BCUT2D eigenvalue weighted by Crippen LogP contribution is -2.44. The summed E-state index contributed by atoms with van der Waals surface area (Å²) in [4.78, 5) is 7.09. The van der Waals surface area contributed by atoms with E-state index in [1.165, 1.54) is 17.2 Å². The Kier molecular flexibility index (Phi) is 9.32. The van der Waals surface area contributed by atoms with E-state index in [-0.39, 0.29) is 28.9 Å². The quantitative estimate of drug-likeness (QED) is 0.345. The molecular weight excluding hydrogens is 511 g/mol. The topological polar surface area (TPSA) is 87.8 Å². The fraction of sp³-hybridized carbons (Fsp3) is 0.318. The number of nitrogens with two attached hydrogens (primary N) is 1. The predicted molar refractivity (Wildman–Crippen MR) is 133 cm³/mol. The number of hydrogen-bond donors (Lipinski definition) is 2. The summed E-state index contributed by atoms with van der Waals surface area (Å²) in [7, 11) is -3.71. The predicted octanol–water partition coefficient (Wildman–Crippen LogP) is 3.60. The van der Waals surface area contributed by atoms with E-state index in [4.69, 9.17) is 10.1 Å². The third-order valence-electron chi connectivity index (χ3n) is 4.85. The number of halogens is 1. The number of primary sulfonamides is 1. The number of guanidine groups is 1. The molecule has 0 aromatic heterocycles. The number of aliphatic imine (C=N–C) groups is 1. The summed E-state index contributed by atoms with van der Waals surface area (Å²) in [6.45, 7) is 5.03. The van der Waals surface area contributed by atoms with E-state index in [0.717, 1.165) is 44.0 Å². The molecule has 1 saturated heterocycles. The van der Waals surface area contributed by atoms with Gasteiger partial charge in [-0.1, -0.05) is 54.1 Å². The molecule has 3 rings (SSSR count). The Morgan fingerprint density at radius 3 is 2.47 bits per heavy atom. The molecule has 1 aliphatic heterocycles. The first-order valence-corrected chi connectivity index (χ1v) is 11.4. The van der Waals surface area contributed by atoms with Crippen LogP contribution < -0.4 is 10.5 Å². The average Bonchev–Trinajstić information content (AvgIpc) is 2.72. The molecule has 162 valence electrons. The van der Waals surface area contributed by atoms with Gasteiger partial charge in [0.15, 0.2) is 5.96 Å². The average molecular weight is 540 g/mol. The van der Waals surface area contributed by atoms with Crippen molar-refractivity contribution in [3.05, 3.63) is 71.3 Å². The minimum atomic E-state index is -3.71. The van der Waals surface area contributed by atoms with Gasteiger partial charge in [-0.15, -0.1) is 24.0 Å². The number of nitrogens with one attached hydrogen (secondary N) is 1. The Hall–Kier alpha value is -1.91. The van der Waals surface area contributed by atoms with Crippen molar-refractivity contribution in [3.8, 4) is 0 Å². The second-order valence-electron chi connectivity index (χ2n) is 7.06. The van der Waals surface area contributed by atoms with Crippen LogP contribution in [0.2, 0.25) is 0 Å². The van der Waals surface area contributed by atoms with Crippen molar-refractivity contribution < 1.29 is 8.42 Å². The van der Waals surface area contributed by atoms with Crippen LogP contribution in [0.3, 0.4) is 0 Å². The summed E-state index contributed by atoms with van der Waals surface area (Å²) in [5, 5.41) is 8.57. The molecule has 8 heteroatoms. The van der Waals surface area contributed by atoms with E-state index in [0.29, 0.717) is 6.54 Å². The zero-order chi connectivity index (χ0) is 20.7. The molecule has 6 nitrogen and oxygen atoms in total. The number of nitrogens with zero attached hydrogens (tertiary/aromatic N) is 2. The number of hydrogen-bond acceptors (Lipinski definition) is 3. The van der Waals surface area contributed by atoms with Gasteiger partial charge in [0.05, 0.1) is 11.4 Å². The second-order valence-corrected chi connectivity index (χ2v) is 8.62. The third kappa shape index (κ3) is 7.10. The highest BCUT2D eigenvalue weighted by atomic mass is 127. The zero-order valence-corrected chi connectivity index (χ0v) is 20.3. The molecule has 0 atom stereocenters. The third-order valence-corrected chi connectivity index (χ3v) is 5.76. The number of rotatable bonds is 5. The lowest BCUT2D eigenvalue weighted by Gasteiger charge is -2.31. The molecular formula is C22H29IN4O2S. The van der Waals surface area contributed by atoms with E-state index < -0.39 is 10.0 Å². The monoisotopic (exact) mass is 540 g/mol. The maximum Gasteiger partial charge on any atom is 0.238 e. The van der Waals surface area contributed by atoms with Crippen LogP contribution in [0, 0.1) is 0 Å². The van der Waals surface area contributed by atoms with E-state index in [1.54, 1.807) is 12.1 Å². The molecule has 1 fully saturated rings. The van der Waals surface area contributed by atoms with Gasteiger partial charge in [-0.3, -0.25) is 0 Å². The van der Waals surface area contributed by atoms with Crippen molar-refractivity contribution in [1.29, 1.82) is 0 Å². The van der Waals surface area contributed by atoms with Gasteiger partial charge in [-0.25, -0.2) is 18.5 Å². The van der Waals surface area contributed by atoms with Gasteiger partial charge in [-0.05, 0) is 43.0 Å². The van der Waals surface area contributed by atoms with Crippen molar-refractivity contribution in [1.82, 2.24) is 10.2 Å². The smallest absolute Gasteiger partial charge is 0.238 e. The normalized spacial score (nSPS) is 14.8. The molecule has 0 saturated carbocycles. The Morgan fingerprint density at radius 1 is 1.13 bits per heavy atom. The first kappa shape index (κ1) is 24.4. The molecule has 2 aromatic rings. The maximum atomic E-state index is 11.6. The Morgan fingerprint density at radius 2 is 1.83 bits per heavy atom. The van der Waals surface area contributed by atoms with E-state index >= 15 is 0 Å². The molecule has 3 N–H and O–H groups in total. The summed E-state index contributed by atoms with van der Waals surface area (Å²) < 4.78 is 23.1. The standard InChI is InChI=1S/C22H28N4O2S.HI/c1-2-24-22(25-17-20-9-6-10-21(16-20)29(23,27)28)26-13-11-19(12-14-26)15-18-7-4-3-5-8-18;/h3-10,15-16H,2,11-14,17H2,1H3,(H,24,25)(H2,23,27,28);1H. The molecule has 0 aliphatic carbocycles. The molecule has 30 heavy (non-hydrogen) atoms. The summed E-state index contributed by atoms with van der Waals surface area (Å²) in [6.07, 6.45) is 4.28. The molecule has 0 bridgehead atoms. The van der Waals surface area contributed by atoms with Gasteiger partial charge < -0.3 is 10.2 Å². The van der Waals surface area contributed by atoms with Gasteiger partial charge in [0.25, 0.3) is 0 Å². The highest BCUT2D eigenvalue weighted by Crippen LogP contribution is 2.20. The highest BCUT2D eigenvalue weighted by molar-refractivity contribution is 14.0. The van der Waals surface area contributed by atoms with Crippen LogP contribution in [-0.4, -0.2) is 38.9 Å². The van der Waals surface area contributed by atoms with E-state index in [2.05, 4.69) is 40.6 Å². The van der Waals surface area contributed by atoms with Crippen molar-refractivity contribution >= 4 is 46.0 Å². The maximum absolute atomic E-state index is 11.6. The number of sulfonamides is 1. The number of likely N-dealkylation sites (tertiary alicyclic amines) is 1. The molecule has 0 unspecified atom stereocenters. The summed E-state index contributed by atoms with van der Waals surface area (Å²) in [5.74, 6) is 0.854. The Balaban J connectivity index is 0.00000320. The van der Waals surface area contributed by atoms with E-state index in [1.807, 2.05) is 19.1 Å². The van der Waals surface area contributed by atoms with Gasteiger partial charge in [0, 0.05) is 19.6 Å². The SMILES string of the molecule is CCNC(=NCc1cccc(S(N)(=O)=O)c1)N1CCC(=Cc2ccccc2)CC1.I. The Labute approximate surface area is 196 Å². The summed E-state index contributed by atoms with van der Waals surface area (Å²) in [6, 6.07) is 17.0. The van der Waals surface area contributed by atoms with Gasteiger partial charge in [-0.2, -0.15) is 0 Å². The number of benzene rings is 2. The summed E-state index contributed by atoms with van der Waals surface area (Å²) in [5.41, 5.74) is 3.50. The molecule has 1 heterocycles. The van der Waals surface area contributed by atoms with Crippen molar-refractivity contribution in [2.24, 2.45) is 10.1 Å². The molecule has 0 amide bonds. The molecule has 0 radical (unpaired) electrons. The molecule has 1 aliphatic rings. The second kappa shape index (κ2) is 11.5. The van der Waals surface area contributed by atoms with Gasteiger partial charge >= 0.3 is 0 Å². The first-order valence-electron chi connectivity index (χ1n) is 9.85. The zero-order valence-electron chi connectivity index (χ0n) is 17.1. The number of piperidine rings is 1.